The Morgan fingerprint density at radius 1 is 1.32 bits per heavy atom. The Labute approximate surface area is 114 Å². The van der Waals surface area contributed by atoms with Crippen LogP contribution in [0, 0.1) is 0 Å². The highest BCUT2D eigenvalue weighted by Gasteiger charge is 2.33. The zero-order valence-electron chi connectivity index (χ0n) is 11.7. The van der Waals surface area contributed by atoms with Crippen molar-refractivity contribution < 1.29 is 14.6 Å². The molecule has 0 saturated heterocycles. The van der Waals surface area contributed by atoms with E-state index < -0.39 is 0 Å². The first-order valence-corrected chi connectivity index (χ1v) is 6.73. The lowest BCUT2D eigenvalue weighted by atomic mass is 9.78. The fourth-order valence-electron chi connectivity index (χ4n) is 2.72. The molecule has 0 fully saturated rings. The van der Waals surface area contributed by atoms with Crippen molar-refractivity contribution in [1.82, 2.24) is 5.32 Å². The smallest absolute Gasteiger partial charge is 0.119 e. The fourth-order valence-corrected chi connectivity index (χ4v) is 2.72. The van der Waals surface area contributed by atoms with Gasteiger partial charge in [0.05, 0.1) is 20.3 Å². The fraction of sp³-hybridized carbons (Fsp3) is 0.600. The van der Waals surface area contributed by atoms with Gasteiger partial charge in [0.25, 0.3) is 0 Å². The molecule has 0 radical (unpaired) electrons. The number of methoxy groups -OCH3 is 2. The molecular formula is C15H23NO3. The molecule has 19 heavy (non-hydrogen) atoms. The van der Waals surface area contributed by atoms with Crippen molar-refractivity contribution in [3.63, 3.8) is 0 Å². The number of benzene rings is 1. The largest absolute Gasteiger partial charge is 0.497 e. The second-order valence-corrected chi connectivity index (χ2v) is 5.17. The molecule has 1 aliphatic rings. The van der Waals surface area contributed by atoms with Crippen molar-refractivity contribution >= 4 is 0 Å². The number of hydrogen-bond donors (Lipinski definition) is 2. The summed E-state index contributed by atoms with van der Waals surface area (Å²) in [6, 6.07) is 6.21. The Bertz CT molecular complexity index is 422. The van der Waals surface area contributed by atoms with Gasteiger partial charge in [-0.1, -0.05) is 6.07 Å². The first-order valence-electron chi connectivity index (χ1n) is 6.73. The van der Waals surface area contributed by atoms with Crippen LogP contribution in [0.1, 0.15) is 17.5 Å². The number of hydrogen-bond acceptors (Lipinski definition) is 4. The van der Waals surface area contributed by atoms with Gasteiger partial charge in [-0.3, -0.25) is 0 Å². The maximum atomic E-state index is 9.76. The van der Waals surface area contributed by atoms with Crippen LogP contribution >= 0.6 is 0 Å². The summed E-state index contributed by atoms with van der Waals surface area (Å²) in [5.74, 6) is 0.879. The third kappa shape index (κ3) is 3.26. The van der Waals surface area contributed by atoms with Crippen molar-refractivity contribution in [3.05, 3.63) is 29.3 Å². The average molecular weight is 265 g/mol. The second kappa shape index (κ2) is 6.37. The highest BCUT2D eigenvalue weighted by Crippen LogP contribution is 2.31. The molecule has 4 nitrogen and oxygen atoms in total. The monoisotopic (exact) mass is 265 g/mol. The summed E-state index contributed by atoms with van der Waals surface area (Å²) >= 11 is 0. The molecule has 0 saturated carbocycles. The van der Waals surface area contributed by atoms with Gasteiger partial charge in [-0.25, -0.2) is 0 Å². The van der Waals surface area contributed by atoms with E-state index in [0.717, 1.165) is 31.6 Å². The van der Waals surface area contributed by atoms with Crippen LogP contribution in [0.2, 0.25) is 0 Å². The SMILES string of the molecule is COCCNC1(CO)CCc2ccc(OC)cc2C1. The van der Waals surface area contributed by atoms with Gasteiger partial charge in [-0.2, -0.15) is 0 Å². The van der Waals surface area contributed by atoms with E-state index in [9.17, 15) is 5.11 Å². The van der Waals surface area contributed by atoms with Crippen LogP contribution in [0.15, 0.2) is 18.2 Å². The third-order valence-corrected chi connectivity index (χ3v) is 3.92. The minimum Gasteiger partial charge on any atom is -0.497 e. The van der Waals surface area contributed by atoms with Gasteiger partial charge < -0.3 is 19.9 Å². The quantitative estimate of drug-likeness (QED) is 0.758. The van der Waals surface area contributed by atoms with Crippen LogP contribution in [-0.2, 0) is 17.6 Å². The van der Waals surface area contributed by atoms with Crippen LogP contribution in [0.25, 0.3) is 0 Å². The molecule has 0 bridgehead atoms. The van der Waals surface area contributed by atoms with Gasteiger partial charge in [0, 0.05) is 19.2 Å². The van der Waals surface area contributed by atoms with Gasteiger partial charge in [-0.15, -0.1) is 0 Å². The Balaban J connectivity index is 2.13. The molecule has 0 aliphatic heterocycles. The Morgan fingerprint density at radius 2 is 2.16 bits per heavy atom. The number of aliphatic hydroxyl groups excluding tert-OH is 1. The predicted molar refractivity (Wildman–Crippen MR) is 74.7 cm³/mol. The maximum absolute atomic E-state index is 9.76. The minimum absolute atomic E-state index is 0.146. The summed E-state index contributed by atoms with van der Waals surface area (Å²) in [6.07, 6.45) is 2.77. The van der Waals surface area contributed by atoms with Crippen LogP contribution in [0.4, 0.5) is 0 Å². The molecule has 2 rings (SSSR count). The Kier molecular flexibility index (Phi) is 4.80. The number of aliphatic hydroxyl groups is 1. The molecule has 0 spiro atoms. The lowest BCUT2D eigenvalue weighted by Crippen LogP contribution is -2.53. The lowest BCUT2D eigenvalue weighted by Gasteiger charge is -2.38. The topological polar surface area (TPSA) is 50.7 Å². The number of rotatable bonds is 6. The average Bonchev–Trinajstić information content (AvgIpc) is 2.46. The molecule has 0 amide bonds. The highest BCUT2D eigenvalue weighted by atomic mass is 16.5. The highest BCUT2D eigenvalue weighted by molar-refractivity contribution is 5.39. The molecule has 4 heteroatoms. The molecule has 1 aliphatic carbocycles. The summed E-state index contributed by atoms with van der Waals surface area (Å²) in [7, 11) is 3.37. The van der Waals surface area contributed by atoms with Crippen LogP contribution in [0.3, 0.4) is 0 Å². The molecule has 1 aromatic rings. The molecule has 0 aromatic heterocycles. The maximum Gasteiger partial charge on any atom is 0.119 e. The summed E-state index contributed by atoms with van der Waals surface area (Å²) < 4.78 is 10.3. The zero-order valence-corrected chi connectivity index (χ0v) is 11.7. The summed E-state index contributed by atoms with van der Waals surface area (Å²) in [5, 5.41) is 13.2. The molecule has 1 aromatic carbocycles. The molecule has 106 valence electrons. The van der Waals surface area contributed by atoms with E-state index in [-0.39, 0.29) is 12.1 Å². The van der Waals surface area contributed by atoms with Gasteiger partial charge in [0.15, 0.2) is 0 Å². The van der Waals surface area contributed by atoms with Crippen molar-refractivity contribution in [1.29, 1.82) is 0 Å². The van der Waals surface area contributed by atoms with E-state index >= 15 is 0 Å². The van der Waals surface area contributed by atoms with E-state index in [2.05, 4.69) is 17.4 Å². The molecule has 0 heterocycles. The molecule has 1 atom stereocenters. The number of ether oxygens (including phenoxy) is 2. The van der Waals surface area contributed by atoms with Crippen molar-refractivity contribution in [2.75, 3.05) is 34.0 Å². The van der Waals surface area contributed by atoms with E-state index in [0.29, 0.717) is 6.61 Å². The zero-order chi connectivity index (χ0) is 13.7. The Hall–Kier alpha value is -1.10. The van der Waals surface area contributed by atoms with E-state index in [1.807, 2.05) is 6.07 Å². The third-order valence-electron chi connectivity index (χ3n) is 3.92. The van der Waals surface area contributed by atoms with Crippen LogP contribution < -0.4 is 10.1 Å². The van der Waals surface area contributed by atoms with Crippen LogP contribution in [-0.4, -0.2) is 44.6 Å². The van der Waals surface area contributed by atoms with Gasteiger partial charge in [0.2, 0.25) is 0 Å². The van der Waals surface area contributed by atoms with E-state index in [4.69, 9.17) is 9.47 Å². The Morgan fingerprint density at radius 3 is 2.84 bits per heavy atom. The summed E-state index contributed by atoms with van der Waals surface area (Å²) in [4.78, 5) is 0. The number of fused-ring (bicyclic) bond motifs is 1. The molecule has 1 unspecified atom stereocenters. The van der Waals surface area contributed by atoms with Crippen molar-refractivity contribution in [3.8, 4) is 5.75 Å². The van der Waals surface area contributed by atoms with Crippen LogP contribution in [0.5, 0.6) is 5.75 Å². The normalized spacial score (nSPS) is 22.1. The summed E-state index contributed by atoms with van der Waals surface area (Å²) in [6.45, 7) is 1.57. The first-order chi connectivity index (χ1) is 9.23. The first kappa shape index (κ1) is 14.3. The predicted octanol–water partition coefficient (Wildman–Crippen LogP) is 1.15. The van der Waals surface area contributed by atoms with E-state index in [1.54, 1.807) is 14.2 Å². The number of aryl methyl sites for hydroxylation is 1. The minimum atomic E-state index is -0.224. The van der Waals surface area contributed by atoms with Gasteiger partial charge in [0.1, 0.15) is 5.75 Å². The van der Waals surface area contributed by atoms with Gasteiger partial charge in [-0.05, 0) is 42.5 Å². The van der Waals surface area contributed by atoms with Crippen molar-refractivity contribution in [2.24, 2.45) is 0 Å². The molecule has 2 N–H and O–H groups in total. The number of nitrogens with one attached hydrogen (secondary N) is 1. The second-order valence-electron chi connectivity index (χ2n) is 5.17. The van der Waals surface area contributed by atoms with Crippen molar-refractivity contribution in [2.45, 2.75) is 24.8 Å². The van der Waals surface area contributed by atoms with Gasteiger partial charge >= 0.3 is 0 Å². The lowest BCUT2D eigenvalue weighted by molar-refractivity contribution is 0.126. The molecular weight excluding hydrogens is 242 g/mol. The standard InChI is InChI=1S/C15H23NO3/c1-18-8-7-16-15(11-17)6-5-12-3-4-14(19-2)9-13(12)10-15/h3-4,9,16-17H,5-8,10-11H2,1-2H3. The van der Waals surface area contributed by atoms with E-state index in [1.165, 1.54) is 11.1 Å². The summed E-state index contributed by atoms with van der Waals surface area (Å²) in [5.41, 5.74) is 2.40.